The molecule has 0 aromatic rings. The lowest BCUT2D eigenvalue weighted by molar-refractivity contribution is -0.289. The number of rotatable bonds is 19. The van der Waals surface area contributed by atoms with Crippen LogP contribution in [0.4, 0.5) is 0 Å². The van der Waals surface area contributed by atoms with Gasteiger partial charge in [0, 0.05) is 5.92 Å². The van der Waals surface area contributed by atoms with Crippen molar-refractivity contribution in [2.75, 3.05) is 11.5 Å². The van der Waals surface area contributed by atoms with Crippen LogP contribution in [0.5, 0.6) is 0 Å². The monoisotopic (exact) mass is 518 g/mol. The highest BCUT2D eigenvalue weighted by molar-refractivity contribution is 8.00. The summed E-state index contributed by atoms with van der Waals surface area (Å²) in [6.07, 6.45) is 11.9. The van der Waals surface area contributed by atoms with Crippen LogP contribution in [0.2, 0.25) is 0 Å². The van der Waals surface area contributed by atoms with Gasteiger partial charge < -0.3 is 14.2 Å². The van der Waals surface area contributed by atoms with Crippen molar-refractivity contribution < 1.29 is 14.2 Å². The van der Waals surface area contributed by atoms with Gasteiger partial charge in [-0.05, 0) is 81.3 Å². The van der Waals surface area contributed by atoms with Crippen LogP contribution in [-0.2, 0) is 14.2 Å². The summed E-state index contributed by atoms with van der Waals surface area (Å²) in [5, 5.41) is 1.48. The van der Waals surface area contributed by atoms with Crippen molar-refractivity contribution in [3.63, 3.8) is 0 Å². The third-order valence-electron chi connectivity index (χ3n) is 6.52. The third-order valence-corrected chi connectivity index (χ3v) is 8.90. The molecular weight excluding hydrogens is 460 g/mol. The molecule has 0 N–H and O–H groups in total. The first-order chi connectivity index (χ1) is 16.1. The van der Waals surface area contributed by atoms with E-state index in [1.807, 2.05) is 0 Å². The molecule has 1 fully saturated rings. The van der Waals surface area contributed by atoms with Gasteiger partial charge in [0.15, 0.2) is 6.29 Å². The van der Waals surface area contributed by atoms with Gasteiger partial charge in [-0.1, -0.05) is 66.7 Å². The molecule has 1 rings (SSSR count). The molecule has 0 aliphatic carbocycles. The molecular formula is C29H58O3S2. The summed E-state index contributed by atoms with van der Waals surface area (Å²) in [4.78, 5) is 0. The number of ether oxygens (including phenoxy) is 3. The average molecular weight is 519 g/mol. The van der Waals surface area contributed by atoms with Crippen molar-refractivity contribution in [2.45, 2.75) is 161 Å². The zero-order valence-electron chi connectivity index (χ0n) is 24.0. The van der Waals surface area contributed by atoms with E-state index in [0.29, 0.717) is 11.8 Å². The molecule has 1 heterocycles. The number of hydrogen-bond donors (Lipinski definition) is 0. The second-order valence-corrected chi connectivity index (χ2v) is 14.7. The van der Waals surface area contributed by atoms with Crippen LogP contribution in [0, 0.1) is 11.8 Å². The van der Waals surface area contributed by atoms with Crippen molar-refractivity contribution in [2.24, 2.45) is 11.8 Å². The molecule has 0 saturated carbocycles. The van der Waals surface area contributed by atoms with Gasteiger partial charge in [0.05, 0.1) is 24.4 Å². The van der Waals surface area contributed by atoms with Crippen molar-refractivity contribution >= 4 is 23.5 Å². The van der Waals surface area contributed by atoms with E-state index in [1.54, 1.807) is 0 Å². The fraction of sp³-hybridized carbons (Fsp3) is 1.00. The minimum Gasteiger partial charge on any atom is -0.373 e. The Kier molecular flexibility index (Phi) is 18.0. The lowest BCUT2D eigenvalue weighted by atomic mass is 9.79. The molecule has 0 aromatic carbocycles. The SMILES string of the molecule is CC(C)O[C@H]1OC(CCCCCCSC(C)C)[C@@H](OC(C)C)[C@H](C)C1CCCCCSC(C)C. The molecule has 5 heteroatoms. The van der Waals surface area contributed by atoms with Gasteiger partial charge in [-0.25, -0.2) is 0 Å². The maximum atomic E-state index is 6.71. The fourth-order valence-electron chi connectivity index (χ4n) is 4.84. The molecule has 34 heavy (non-hydrogen) atoms. The zero-order chi connectivity index (χ0) is 25.5. The Bertz CT molecular complexity index is 482. The van der Waals surface area contributed by atoms with E-state index < -0.39 is 0 Å². The number of thioether (sulfide) groups is 2. The summed E-state index contributed by atoms with van der Waals surface area (Å²) in [5.74, 6) is 3.43. The van der Waals surface area contributed by atoms with Crippen LogP contribution in [0.15, 0.2) is 0 Å². The Labute approximate surface area is 222 Å². The Hall–Kier alpha value is 0.580. The fourth-order valence-corrected chi connectivity index (χ4v) is 6.52. The first-order valence-corrected chi connectivity index (χ1v) is 16.4. The highest BCUT2D eigenvalue weighted by atomic mass is 32.2. The van der Waals surface area contributed by atoms with E-state index in [1.165, 1.54) is 62.9 Å². The van der Waals surface area contributed by atoms with Gasteiger partial charge in [-0.15, -0.1) is 0 Å². The Morgan fingerprint density at radius 3 is 1.68 bits per heavy atom. The lowest BCUT2D eigenvalue weighted by Gasteiger charge is -2.47. The van der Waals surface area contributed by atoms with Gasteiger partial charge in [0.2, 0.25) is 0 Å². The third kappa shape index (κ3) is 14.4. The van der Waals surface area contributed by atoms with E-state index in [9.17, 15) is 0 Å². The van der Waals surface area contributed by atoms with E-state index in [2.05, 4.69) is 85.8 Å². The molecule has 1 aliphatic rings. The van der Waals surface area contributed by atoms with Crippen molar-refractivity contribution in [3.05, 3.63) is 0 Å². The maximum absolute atomic E-state index is 6.71. The summed E-state index contributed by atoms with van der Waals surface area (Å²) in [7, 11) is 0. The second kappa shape index (κ2) is 18.8. The molecule has 0 amide bonds. The van der Waals surface area contributed by atoms with Gasteiger partial charge in [0.1, 0.15) is 0 Å². The normalized spacial score (nSPS) is 25.9. The minimum absolute atomic E-state index is 0.0977. The van der Waals surface area contributed by atoms with Crippen LogP contribution in [0.3, 0.4) is 0 Å². The first-order valence-electron chi connectivity index (χ1n) is 14.3. The van der Waals surface area contributed by atoms with E-state index in [4.69, 9.17) is 14.2 Å². The number of unbranched alkanes of at least 4 members (excludes halogenated alkanes) is 5. The highest BCUT2D eigenvalue weighted by Gasteiger charge is 2.44. The standard InChI is InChI=1S/C29H58O3S2/c1-21(2)30-28-25(9)26(17-13-12-16-20-34-24(7)8)29(31-22(3)4)32-27(28)18-14-10-11-15-19-33-23(5)6/h21-29H,10-20H2,1-9H3/t25-,26?,27?,28+,29+/m1/s1. The molecule has 2 unspecified atom stereocenters. The Morgan fingerprint density at radius 1 is 0.647 bits per heavy atom. The molecule has 1 aliphatic heterocycles. The predicted molar refractivity (Wildman–Crippen MR) is 154 cm³/mol. The highest BCUT2D eigenvalue weighted by Crippen LogP contribution is 2.39. The Balaban J connectivity index is 2.64. The van der Waals surface area contributed by atoms with Gasteiger partial charge >= 0.3 is 0 Å². The van der Waals surface area contributed by atoms with E-state index in [0.717, 1.165) is 16.9 Å². The lowest BCUT2D eigenvalue weighted by Crippen LogP contribution is -2.53. The van der Waals surface area contributed by atoms with Gasteiger partial charge in [0.25, 0.3) is 0 Å². The predicted octanol–water partition coefficient (Wildman–Crippen LogP) is 8.98. The van der Waals surface area contributed by atoms with E-state index in [-0.39, 0.29) is 30.7 Å². The molecule has 0 bridgehead atoms. The van der Waals surface area contributed by atoms with Crippen molar-refractivity contribution in [3.8, 4) is 0 Å². The summed E-state index contributed by atoms with van der Waals surface area (Å²) in [5.41, 5.74) is 0. The quantitative estimate of drug-likeness (QED) is 0.159. The summed E-state index contributed by atoms with van der Waals surface area (Å²) >= 11 is 4.16. The topological polar surface area (TPSA) is 27.7 Å². The summed E-state index contributed by atoms with van der Waals surface area (Å²) < 4.78 is 19.6. The minimum atomic E-state index is -0.0977. The first kappa shape index (κ1) is 32.6. The van der Waals surface area contributed by atoms with Crippen LogP contribution in [0.1, 0.15) is 120 Å². The van der Waals surface area contributed by atoms with Gasteiger partial charge in [-0.2, -0.15) is 23.5 Å². The summed E-state index contributed by atoms with van der Waals surface area (Å²) in [6, 6.07) is 0. The molecule has 0 spiro atoms. The van der Waals surface area contributed by atoms with Crippen LogP contribution >= 0.6 is 23.5 Å². The largest absolute Gasteiger partial charge is 0.373 e. The molecule has 0 aromatic heterocycles. The smallest absolute Gasteiger partial charge is 0.161 e. The molecule has 5 atom stereocenters. The second-order valence-electron chi connectivity index (χ2n) is 11.3. The summed E-state index contributed by atoms with van der Waals surface area (Å²) in [6.45, 7) is 20.1. The van der Waals surface area contributed by atoms with Crippen molar-refractivity contribution in [1.29, 1.82) is 0 Å². The van der Waals surface area contributed by atoms with Crippen molar-refractivity contribution in [1.82, 2.24) is 0 Å². The maximum Gasteiger partial charge on any atom is 0.161 e. The van der Waals surface area contributed by atoms with Crippen LogP contribution in [0.25, 0.3) is 0 Å². The molecule has 3 nitrogen and oxygen atoms in total. The van der Waals surface area contributed by atoms with Crippen LogP contribution in [-0.4, -0.2) is 52.7 Å². The number of hydrogen-bond acceptors (Lipinski definition) is 5. The molecule has 0 radical (unpaired) electrons. The molecule has 1 saturated heterocycles. The van der Waals surface area contributed by atoms with E-state index >= 15 is 0 Å². The van der Waals surface area contributed by atoms with Gasteiger partial charge in [-0.3, -0.25) is 0 Å². The Morgan fingerprint density at radius 2 is 1.15 bits per heavy atom. The average Bonchev–Trinajstić information content (AvgIpc) is 2.73. The zero-order valence-corrected chi connectivity index (χ0v) is 25.6. The molecule has 204 valence electrons. The van der Waals surface area contributed by atoms with Crippen LogP contribution < -0.4 is 0 Å².